The molecule has 1 aromatic rings. The number of thioether (sulfide) groups is 1. The van der Waals surface area contributed by atoms with Crippen LogP contribution in [0.5, 0.6) is 0 Å². The number of alkyl halides is 3. The summed E-state index contributed by atoms with van der Waals surface area (Å²) < 4.78 is 45.3. The summed E-state index contributed by atoms with van der Waals surface area (Å²) in [5.74, 6) is -0.202. The van der Waals surface area contributed by atoms with Gasteiger partial charge in [-0.15, -0.1) is 0 Å². The highest BCUT2D eigenvalue weighted by molar-refractivity contribution is 8.00. The maximum absolute atomic E-state index is 13.2. The summed E-state index contributed by atoms with van der Waals surface area (Å²) in [5.41, 5.74) is -1.37. The zero-order chi connectivity index (χ0) is 19.6. The van der Waals surface area contributed by atoms with Gasteiger partial charge in [0, 0.05) is 12.2 Å². The predicted octanol–water partition coefficient (Wildman–Crippen LogP) is 3.54. The molecule has 1 saturated carbocycles. The fourth-order valence-electron chi connectivity index (χ4n) is 3.70. The molecule has 1 amide bonds. The number of morpholine rings is 1. The number of aromatic nitrogens is 1. The van der Waals surface area contributed by atoms with Crippen LogP contribution in [-0.2, 0) is 15.7 Å². The van der Waals surface area contributed by atoms with Gasteiger partial charge in [-0.25, -0.2) is 4.98 Å². The first-order valence-electron chi connectivity index (χ1n) is 8.84. The first-order valence-corrected chi connectivity index (χ1v) is 9.82. The van der Waals surface area contributed by atoms with Gasteiger partial charge in [-0.3, -0.25) is 4.79 Å². The number of ether oxygens (including phenoxy) is 1. The van der Waals surface area contributed by atoms with Crippen LogP contribution < -0.4 is 0 Å². The van der Waals surface area contributed by atoms with Gasteiger partial charge in [0.25, 0.3) is 0 Å². The Labute approximate surface area is 159 Å². The lowest BCUT2D eigenvalue weighted by Crippen LogP contribution is -2.55. The van der Waals surface area contributed by atoms with E-state index in [1.54, 1.807) is 11.0 Å². The third-order valence-corrected chi connectivity index (χ3v) is 5.88. The number of aryl methyl sites for hydroxylation is 1. The molecule has 0 N–H and O–H groups in total. The maximum atomic E-state index is 13.2. The van der Waals surface area contributed by atoms with Crippen molar-refractivity contribution < 1.29 is 22.7 Å². The Morgan fingerprint density at radius 2 is 2.19 bits per heavy atom. The van der Waals surface area contributed by atoms with Gasteiger partial charge in [-0.1, -0.05) is 24.6 Å². The molecule has 2 atom stereocenters. The largest absolute Gasteiger partial charge is 0.417 e. The molecule has 5 nitrogen and oxygen atoms in total. The van der Waals surface area contributed by atoms with Gasteiger partial charge < -0.3 is 9.64 Å². The van der Waals surface area contributed by atoms with Crippen molar-refractivity contribution in [2.45, 2.75) is 56.0 Å². The molecule has 2 fully saturated rings. The highest BCUT2D eigenvalue weighted by Gasteiger charge is 2.38. The van der Waals surface area contributed by atoms with E-state index in [1.165, 1.54) is 6.92 Å². The van der Waals surface area contributed by atoms with Crippen LogP contribution in [0.1, 0.15) is 42.5 Å². The van der Waals surface area contributed by atoms with Crippen LogP contribution in [0.2, 0.25) is 0 Å². The van der Waals surface area contributed by atoms with Crippen LogP contribution in [0.4, 0.5) is 13.2 Å². The fraction of sp³-hybridized carbons (Fsp3) is 0.611. The second kappa shape index (κ2) is 8.07. The Morgan fingerprint density at radius 3 is 2.89 bits per heavy atom. The number of pyridine rings is 1. The molecule has 2 unspecified atom stereocenters. The summed E-state index contributed by atoms with van der Waals surface area (Å²) in [5, 5.41) is 9.16. The molecule has 1 aliphatic carbocycles. The fourth-order valence-corrected chi connectivity index (χ4v) is 4.63. The van der Waals surface area contributed by atoms with Gasteiger partial charge in [0.05, 0.1) is 35.6 Å². The van der Waals surface area contributed by atoms with Gasteiger partial charge in [-0.05, 0) is 25.8 Å². The van der Waals surface area contributed by atoms with Crippen LogP contribution in [0.25, 0.3) is 0 Å². The van der Waals surface area contributed by atoms with Gasteiger partial charge in [-0.2, -0.15) is 18.4 Å². The number of hydrogen-bond donors (Lipinski definition) is 0. The average Bonchev–Trinajstić information content (AvgIpc) is 2.64. The molecular weight excluding hydrogens is 379 g/mol. The van der Waals surface area contributed by atoms with Crippen molar-refractivity contribution in [2.75, 3.05) is 18.9 Å². The monoisotopic (exact) mass is 399 g/mol. The molecule has 2 aliphatic rings. The lowest BCUT2D eigenvalue weighted by molar-refractivity contribution is -0.146. The molecule has 1 aliphatic heterocycles. The summed E-state index contributed by atoms with van der Waals surface area (Å²) in [4.78, 5) is 18.6. The molecule has 0 aromatic carbocycles. The van der Waals surface area contributed by atoms with E-state index in [1.807, 2.05) is 0 Å². The van der Waals surface area contributed by atoms with E-state index >= 15 is 0 Å². The Balaban J connectivity index is 1.75. The SMILES string of the molecule is Cc1cc(C(F)(F)F)c(C#N)c(SCC(=O)N2CCOC3CCCCC32)n1. The van der Waals surface area contributed by atoms with E-state index in [0.29, 0.717) is 13.2 Å². The minimum absolute atomic E-state index is 0.0345. The molecule has 146 valence electrons. The molecule has 3 rings (SSSR count). The van der Waals surface area contributed by atoms with Crippen molar-refractivity contribution in [2.24, 2.45) is 0 Å². The Hall–Kier alpha value is -1.79. The highest BCUT2D eigenvalue weighted by atomic mass is 32.2. The summed E-state index contributed by atoms with van der Waals surface area (Å²) in [6, 6.07) is 2.49. The van der Waals surface area contributed by atoms with Crippen molar-refractivity contribution in [3.8, 4) is 6.07 Å². The molecule has 0 spiro atoms. The molecule has 9 heteroatoms. The number of halogens is 3. The van der Waals surface area contributed by atoms with Crippen molar-refractivity contribution in [3.63, 3.8) is 0 Å². The van der Waals surface area contributed by atoms with Crippen molar-refractivity contribution in [3.05, 3.63) is 22.9 Å². The second-order valence-corrected chi connectivity index (χ2v) is 7.70. The molecular formula is C18H20F3N3O2S. The van der Waals surface area contributed by atoms with E-state index in [-0.39, 0.29) is 34.5 Å². The highest BCUT2D eigenvalue weighted by Crippen LogP contribution is 2.36. The lowest BCUT2D eigenvalue weighted by Gasteiger charge is -2.43. The van der Waals surface area contributed by atoms with Crippen LogP contribution in [0.15, 0.2) is 11.1 Å². The molecule has 0 bridgehead atoms. The number of fused-ring (bicyclic) bond motifs is 1. The zero-order valence-electron chi connectivity index (χ0n) is 14.9. The molecule has 1 saturated heterocycles. The standard InChI is InChI=1S/C18H20F3N3O2S/c1-11-8-13(18(19,20)21)12(9-22)17(23-11)27-10-16(25)24-6-7-26-15-5-3-2-4-14(15)24/h8,14-15H,2-7,10H2,1H3. The summed E-state index contributed by atoms with van der Waals surface area (Å²) >= 11 is 0.892. The third kappa shape index (κ3) is 4.38. The zero-order valence-corrected chi connectivity index (χ0v) is 15.7. The third-order valence-electron chi connectivity index (χ3n) is 4.92. The van der Waals surface area contributed by atoms with E-state index < -0.39 is 17.3 Å². The van der Waals surface area contributed by atoms with Gasteiger partial charge in [0.1, 0.15) is 11.1 Å². The van der Waals surface area contributed by atoms with Crippen molar-refractivity contribution >= 4 is 17.7 Å². The smallest absolute Gasteiger partial charge is 0.374 e. The topological polar surface area (TPSA) is 66.2 Å². The average molecular weight is 399 g/mol. The van der Waals surface area contributed by atoms with E-state index in [0.717, 1.165) is 43.5 Å². The normalized spacial score (nSPS) is 22.9. The Kier molecular flexibility index (Phi) is 5.96. The summed E-state index contributed by atoms with van der Waals surface area (Å²) in [6.45, 7) is 2.40. The number of carbonyl (C=O) groups excluding carboxylic acids is 1. The van der Waals surface area contributed by atoms with Crippen LogP contribution in [0.3, 0.4) is 0 Å². The Morgan fingerprint density at radius 1 is 1.44 bits per heavy atom. The molecule has 2 heterocycles. The quantitative estimate of drug-likeness (QED) is 0.728. The molecule has 1 aromatic heterocycles. The number of rotatable bonds is 3. The second-order valence-electron chi connectivity index (χ2n) is 6.74. The summed E-state index contributed by atoms with van der Waals surface area (Å²) in [6.07, 6.45) is -0.673. The van der Waals surface area contributed by atoms with E-state index in [9.17, 15) is 23.2 Å². The first kappa shape index (κ1) is 20.0. The first-order chi connectivity index (χ1) is 12.8. The number of nitriles is 1. The lowest BCUT2D eigenvalue weighted by atomic mass is 9.90. The van der Waals surface area contributed by atoms with Crippen molar-refractivity contribution in [1.29, 1.82) is 5.26 Å². The maximum Gasteiger partial charge on any atom is 0.417 e. The van der Waals surface area contributed by atoms with Gasteiger partial charge in [0.15, 0.2) is 0 Å². The van der Waals surface area contributed by atoms with Gasteiger partial charge in [0.2, 0.25) is 5.91 Å². The molecule has 0 radical (unpaired) electrons. The minimum Gasteiger partial charge on any atom is -0.374 e. The van der Waals surface area contributed by atoms with Crippen LogP contribution in [0, 0.1) is 18.3 Å². The number of hydrogen-bond acceptors (Lipinski definition) is 5. The van der Waals surface area contributed by atoms with Crippen molar-refractivity contribution in [1.82, 2.24) is 9.88 Å². The summed E-state index contributed by atoms with van der Waals surface area (Å²) in [7, 11) is 0. The number of nitrogens with zero attached hydrogens (tertiary/aromatic N) is 3. The number of amides is 1. The minimum atomic E-state index is -4.64. The van der Waals surface area contributed by atoms with Gasteiger partial charge >= 0.3 is 6.18 Å². The van der Waals surface area contributed by atoms with E-state index in [2.05, 4.69) is 4.98 Å². The number of carbonyl (C=O) groups is 1. The molecule has 27 heavy (non-hydrogen) atoms. The van der Waals surface area contributed by atoms with E-state index in [4.69, 9.17) is 4.74 Å². The van der Waals surface area contributed by atoms with Crippen LogP contribution >= 0.6 is 11.8 Å². The van der Waals surface area contributed by atoms with Crippen LogP contribution in [-0.4, -0.2) is 46.8 Å². The Bertz CT molecular complexity index is 761. The predicted molar refractivity (Wildman–Crippen MR) is 93.1 cm³/mol.